The number of aryl methyl sites for hydroxylation is 1. The Bertz CT molecular complexity index is 735. The van der Waals surface area contributed by atoms with E-state index in [2.05, 4.69) is 38.2 Å². The van der Waals surface area contributed by atoms with Gasteiger partial charge in [-0.3, -0.25) is 4.79 Å². The maximum absolute atomic E-state index is 12.4. The maximum Gasteiger partial charge on any atom is 0.165 e. The molecule has 0 amide bonds. The van der Waals surface area contributed by atoms with Crippen LogP contribution >= 0.6 is 0 Å². The third-order valence-corrected chi connectivity index (χ3v) is 4.39. The Labute approximate surface area is 157 Å². The van der Waals surface area contributed by atoms with E-state index in [4.69, 9.17) is 4.74 Å². The lowest BCUT2D eigenvalue weighted by atomic mass is 9.92. The van der Waals surface area contributed by atoms with E-state index in [0.29, 0.717) is 12.6 Å². The molecule has 3 heteroatoms. The lowest BCUT2D eigenvalue weighted by Crippen LogP contribution is -2.27. The van der Waals surface area contributed by atoms with Crippen LogP contribution in [0.3, 0.4) is 0 Å². The minimum absolute atomic E-state index is 0.00947. The van der Waals surface area contributed by atoms with E-state index in [9.17, 15) is 4.79 Å². The Kier molecular flexibility index (Phi) is 7.40. The molecule has 0 saturated heterocycles. The largest absolute Gasteiger partial charge is 0.492 e. The van der Waals surface area contributed by atoms with E-state index < -0.39 is 0 Å². The molecular formula is C23H31NO2. The molecule has 0 aromatic heterocycles. The lowest BCUT2D eigenvalue weighted by molar-refractivity contribution is 0.0938. The molecule has 0 aliphatic rings. The van der Waals surface area contributed by atoms with Crippen LogP contribution in [0.4, 0.5) is 0 Å². The molecule has 0 atom stereocenters. The van der Waals surface area contributed by atoms with Crippen molar-refractivity contribution < 1.29 is 9.53 Å². The van der Waals surface area contributed by atoms with Gasteiger partial charge < -0.3 is 10.1 Å². The Morgan fingerprint density at radius 3 is 2.46 bits per heavy atom. The molecule has 2 aromatic carbocycles. The minimum atomic E-state index is 0.00947. The fraction of sp³-hybridized carbons (Fsp3) is 0.435. The van der Waals surface area contributed by atoms with Crippen LogP contribution in [0, 0.1) is 5.92 Å². The zero-order valence-corrected chi connectivity index (χ0v) is 16.6. The highest BCUT2D eigenvalue weighted by Gasteiger charge is 2.16. The molecule has 0 fully saturated rings. The van der Waals surface area contributed by atoms with E-state index >= 15 is 0 Å². The van der Waals surface area contributed by atoms with Crippen LogP contribution in [-0.2, 0) is 6.42 Å². The number of nitrogens with one attached hydrogen (secondary N) is 1. The molecule has 0 bridgehead atoms. The maximum atomic E-state index is 12.4. The molecular weight excluding hydrogens is 322 g/mol. The molecule has 0 saturated carbocycles. The van der Waals surface area contributed by atoms with Crippen LogP contribution in [0.5, 0.6) is 5.75 Å². The summed E-state index contributed by atoms with van der Waals surface area (Å²) in [6.07, 6.45) is 0.836. The lowest BCUT2D eigenvalue weighted by Gasteiger charge is -2.15. The molecule has 0 aliphatic carbocycles. The molecule has 0 aliphatic heterocycles. The summed E-state index contributed by atoms with van der Waals surface area (Å²) in [5, 5.41) is 3.36. The summed E-state index contributed by atoms with van der Waals surface area (Å²) in [6.45, 7) is 11.7. The van der Waals surface area contributed by atoms with Crippen LogP contribution in [0.25, 0.3) is 11.1 Å². The quantitative estimate of drug-likeness (QED) is 0.501. The second-order valence-electron chi connectivity index (χ2n) is 7.20. The van der Waals surface area contributed by atoms with Crippen molar-refractivity contribution in [3.63, 3.8) is 0 Å². The second kappa shape index (κ2) is 9.54. The molecule has 140 valence electrons. The van der Waals surface area contributed by atoms with Crippen molar-refractivity contribution in [2.24, 2.45) is 5.92 Å². The molecule has 2 rings (SSSR count). The van der Waals surface area contributed by atoms with Crippen LogP contribution in [0.15, 0.2) is 42.5 Å². The van der Waals surface area contributed by atoms with Gasteiger partial charge in [-0.25, -0.2) is 0 Å². The number of rotatable bonds is 9. The van der Waals surface area contributed by atoms with Gasteiger partial charge >= 0.3 is 0 Å². The van der Waals surface area contributed by atoms with Gasteiger partial charge in [0, 0.05) is 29.6 Å². The van der Waals surface area contributed by atoms with Crippen LogP contribution in [-0.4, -0.2) is 25.0 Å². The van der Waals surface area contributed by atoms with Gasteiger partial charge in [-0.15, -0.1) is 0 Å². The summed E-state index contributed by atoms with van der Waals surface area (Å²) in [6, 6.07) is 14.7. The van der Waals surface area contributed by atoms with Crippen molar-refractivity contribution >= 4 is 5.78 Å². The predicted molar refractivity (Wildman–Crippen MR) is 109 cm³/mol. The fourth-order valence-electron chi connectivity index (χ4n) is 2.94. The van der Waals surface area contributed by atoms with Crippen molar-refractivity contribution in [3.8, 4) is 16.9 Å². The van der Waals surface area contributed by atoms with Gasteiger partial charge in [0.1, 0.15) is 12.4 Å². The number of ketones is 1. The zero-order valence-electron chi connectivity index (χ0n) is 16.6. The van der Waals surface area contributed by atoms with Crippen LogP contribution in [0.1, 0.15) is 50.5 Å². The summed E-state index contributed by atoms with van der Waals surface area (Å²) < 4.78 is 6.00. The van der Waals surface area contributed by atoms with Gasteiger partial charge in [0.15, 0.2) is 5.78 Å². The van der Waals surface area contributed by atoms with Crippen molar-refractivity contribution in [3.05, 3.63) is 53.6 Å². The Morgan fingerprint density at radius 2 is 1.81 bits per heavy atom. The summed E-state index contributed by atoms with van der Waals surface area (Å²) in [4.78, 5) is 12.4. The smallest absolute Gasteiger partial charge is 0.165 e. The average molecular weight is 354 g/mol. The second-order valence-corrected chi connectivity index (χ2v) is 7.20. The summed E-state index contributed by atoms with van der Waals surface area (Å²) >= 11 is 0. The number of carbonyl (C=O) groups excluding carboxylic acids is 1. The summed E-state index contributed by atoms with van der Waals surface area (Å²) in [7, 11) is 0. The number of para-hydroxylation sites is 1. The SMILES string of the molecule is CCc1cc(-c2ccccc2OCCNC(C)C)ccc1C(=O)C(C)C. The fourth-order valence-corrected chi connectivity index (χ4v) is 2.94. The molecule has 1 N–H and O–H groups in total. The third-order valence-electron chi connectivity index (χ3n) is 4.39. The molecule has 0 spiro atoms. The first kappa shape index (κ1) is 20.2. The first-order chi connectivity index (χ1) is 12.4. The topological polar surface area (TPSA) is 38.3 Å². The van der Waals surface area contributed by atoms with Crippen molar-refractivity contribution in [1.29, 1.82) is 0 Å². The Balaban J connectivity index is 2.27. The molecule has 26 heavy (non-hydrogen) atoms. The normalized spacial score (nSPS) is 11.2. The molecule has 0 unspecified atom stereocenters. The number of Topliss-reactive ketones (excluding diaryl/α,β-unsaturated/α-hetero) is 1. The highest BCUT2D eigenvalue weighted by molar-refractivity contribution is 5.99. The molecule has 0 radical (unpaired) electrons. The minimum Gasteiger partial charge on any atom is -0.492 e. The van der Waals surface area contributed by atoms with Crippen LogP contribution < -0.4 is 10.1 Å². The highest BCUT2D eigenvalue weighted by Crippen LogP contribution is 2.31. The van der Waals surface area contributed by atoms with Gasteiger partial charge in [-0.1, -0.05) is 71.0 Å². The van der Waals surface area contributed by atoms with E-state index in [0.717, 1.165) is 41.0 Å². The standard InChI is InChI=1S/C23H31NO2/c1-6-18-15-19(11-12-21(18)23(25)16(2)3)20-9-7-8-10-22(20)26-14-13-24-17(4)5/h7-12,15-17,24H,6,13-14H2,1-5H3. The summed E-state index contributed by atoms with van der Waals surface area (Å²) in [5.41, 5.74) is 4.09. The van der Waals surface area contributed by atoms with E-state index in [1.165, 1.54) is 0 Å². The van der Waals surface area contributed by atoms with Gasteiger partial charge in [-0.2, -0.15) is 0 Å². The van der Waals surface area contributed by atoms with Gasteiger partial charge in [0.05, 0.1) is 0 Å². The first-order valence-electron chi connectivity index (χ1n) is 9.56. The predicted octanol–water partition coefficient (Wildman–Crippen LogP) is 5.13. The van der Waals surface area contributed by atoms with Crippen molar-refractivity contribution in [1.82, 2.24) is 5.32 Å². The Hall–Kier alpha value is -2.13. The number of carbonyl (C=O) groups is 1. The van der Waals surface area contributed by atoms with Gasteiger partial charge in [0.2, 0.25) is 0 Å². The monoisotopic (exact) mass is 353 g/mol. The van der Waals surface area contributed by atoms with Gasteiger partial charge in [0.25, 0.3) is 0 Å². The van der Waals surface area contributed by atoms with Crippen molar-refractivity contribution in [2.75, 3.05) is 13.2 Å². The third kappa shape index (κ3) is 5.18. The average Bonchev–Trinajstić information content (AvgIpc) is 2.64. The first-order valence-corrected chi connectivity index (χ1v) is 9.56. The van der Waals surface area contributed by atoms with Crippen LogP contribution in [0.2, 0.25) is 0 Å². The van der Waals surface area contributed by atoms with E-state index in [1.54, 1.807) is 0 Å². The van der Waals surface area contributed by atoms with E-state index in [1.807, 2.05) is 44.2 Å². The van der Waals surface area contributed by atoms with E-state index in [-0.39, 0.29) is 11.7 Å². The molecule has 2 aromatic rings. The summed E-state index contributed by atoms with van der Waals surface area (Å²) in [5.74, 6) is 1.09. The van der Waals surface area contributed by atoms with Crippen molar-refractivity contribution in [2.45, 2.75) is 47.1 Å². The number of ether oxygens (including phenoxy) is 1. The zero-order chi connectivity index (χ0) is 19.1. The molecule has 3 nitrogen and oxygen atoms in total. The number of hydrogen-bond donors (Lipinski definition) is 1. The highest BCUT2D eigenvalue weighted by atomic mass is 16.5. The molecule has 0 heterocycles. The number of benzene rings is 2. The number of hydrogen-bond acceptors (Lipinski definition) is 3. The Morgan fingerprint density at radius 1 is 1.08 bits per heavy atom. The van der Waals surface area contributed by atoms with Gasteiger partial charge in [-0.05, 0) is 23.6 Å².